The number of ether oxygens (including phenoxy) is 2. The summed E-state index contributed by atoms with van der Waals surface area (Å²) in [5, 5.41) is 0. The summed E-state index contributed by atoms with van der Waals surface area (Å²) in [6.45, 7) is 5.24. The van der Waals surface area contributed by atoms with Crippen LogP contribution in [0, 0.1) is 5.92 Å². The lowest BCUT2D eigenvalue weighted by molar-refractivity contribution is -0.142. The number of amides is 2. The molecule has 6 heteroatoms. The van der Waals surface area contributed by atoms with Gasteiger partial charge in [-0.15, -0.1) is 0 Å². The van der Waals surface area contributed by atoms with Crippen LogP contribution in [0.4, 0.5) is 0 Å². The van der Waals surface area contributed by atoms with Crippen LogP contribution in [0.15, 0.2) is 48.5 Å². The van der Waals surface area contributed by atoms with Gasteiger partial charge in [-0.25, -0.2) is 0 Å². The first kappa shape index (κ1) is 21.2. The Morgan fingerprint density at radius 3 is 2.42 bits per heavy atom. The second-order valence-corrected chi connectivity index (χ2v) is 8.13. The van der Waals surface area contributed by atoms with E-state index in [9.17, 15) is 9.59 Å². The molecule has 0 atom stereocenters. The zero-order chi connectivity index (χ0) is 21.6. The van der Waals surface area contributed by atoms with Gasteiger partial charge in [-0.2, -0.15) is 0 Å². The Hall–Kier alpha value is -3.02. The van der Waals surface area contributed by atoms with Crippen molar-refractivity contribution in [3.8, 4) is 11.5 Å². The molecule has 4 rings (SSSR count). The summed E-state index contributed by atoms with van der Waals surface area (Å²) in [4.78, 5) is 29.4. The number of nitrogens with zero attached hydrogens (tertiary/aromatic N) is 2. The lowest BCUT2D eigenvalue weighted by Gasteiger charge is -2.36. The molecule has 0 unspecified atom stereocenters. The number of hydrogen-bond donors (Lipinski definition) is 0. The first-order valence-corrected chi connectivity index (χ1v) is 11.1. The summed E-state index contributed by atoms with van der Waals surface area (Å²) < 4.78 is 11.2. The molecule has 31 heavy (non-hydrogen) atoms. The Bertz CT molecular complexity index is 907. The number of benzene rings is 2. The first-order chi connectivity index (χ1) is 15.1. The smallest absolute Gasteiger partial charge is 0.260 e. The van der Waals surface area contributed by atoms with Crippen molar-refractivity contribution in [1.82, 2.24) is 9.80 Å². The molecule has 0 saturated carbocycles. The molecule has 0 aromatic heterocycles. The third kappa shape index (κ3) is 5.19. The van der Waals surface area contributed by atoms with Crippen LogP contribution < -0.4 is 9.47 Å². The van der Waals surface area contributed by atoms with E-state index in [1.807, 2.05) is 53.1 Å². The summed E-state index contributed by atoms with van der Waals surface area (Å²) in [6.07, 6.45) is 2.29. The summed E-state index contributed by atoms with van der Waals surface area (Å²) in [5.41, 5.74) is 2.47. The number of likely N-dealkylation sites (tertiary alicyclic amines) is 1. The lowest BCUT2D eigenvalue weighted by atomic mass is 9.93. The van der Waals surface area contributed by atoms with E-state index < -0.39 is 0 Å². The molecule has 0 spiro atoms. The monoisotopic (exact) mass is 422 g/mol. The molecule has 2 amide bonds. The summed E-state index contributed by atoms with van der Waals surface area (Å²) >= 11 is 0. The van der Waals surface area contributed by atoms with E-state index in [-0.39, 0.29) is 24.3 Å². The third-order valence-electron chi connectivity index (χ3n) is 6.12. The molecule has 0 N–H and O–H groups in total. The number of rotatable bonds is 6. The van der Waals surface area contributed by atoms with Crippen molar-refractivity contribution in [2.24, 2.45) is 5.92 Å². The van der Waals surface area contributed by atoms with E-state index in [0.717, 1.165) is 18.7 Å². The Morgan fingerprint density at radius 2 is 1.68 bits per heavy atom. The van der Waals surface area contributed by atoms with Crippen LogP contribution in [-0.2, 0) is 22.6 Å². The highest BCUT2D eigenvalue weighted by molar-refractivity contribution is 5.81. The van der Waals surface area contributed by atoms with Crippen LogP contribution in [-0.4, -0.2) is 54.5 Å². The molecule has 2 heterocycles. The van der Waals surface area contributed by atoms with Gasteiger partial charge in [0.15, 0.2) is 6.61 Å². The zero-order valence-corrected chi connectivity index (χ0v) is 18.1. The maximum Gasteiger partial charge on any atom is 0.260 e. The van der Waals surface area contributed by atoms with Crippen molar-refractivity contribution in [3.63, 3.8) is 0 Å². The Kier molecular flexibility index (Phi) is 6.75. The average molecular weight is 423 g/mol. The number of hydrogen-bond acceptors (Lipinski definition) is 4. The molecule has 164 valence electrons. The first-order valence-electron chi connectivity index (χ1n) is 11.1. The van der Waals surface area contributed by atoms with Gasteiger partial charge in [0.1, 0.15) is 11.5 Å². The predicted octanol–water partition coefficient (Wildman–Crippen LogP) is 3.29. The molecule has 1 fully saturated rings. The molecule has 2 aromatic rings. The van der Waals surface area contributed by atoms with Crippen molar-refractivity contribution in [3.05, 3.63) is 59.7 Å². The fraction of sp³-hybridized carbons (Fsp3) is 0.440. The van der Waals surface area contributed by atoms with Crippen LogP contribution in [0.1, 0.15) is 30.9 Å². The van der Waals surface area contributed by atoms with E-state index in [1.165, 1.54) is 11.1 Å². The minimum atomic E-state index is -0.0231. The Morgan fingerprint density at radius 1 is 0.903 bits per heavy atom. The van der Waals surface area contributed by atoms with Crippen molar-refractivity contribution in [2.75, 3.05) is 32.8 Å². The maximum atomic E-state index is 13.1. The topological polar surface area (TPSA) is 59.1 Å². The Balaban J connectivity index is 1.27. The van der Waals surface area contributed by atoms with Gasteiger partial charge in [-0.3, -0.25) is 9.59 Å². The molecular weight excluding hydrogens is 392 g/mol. The van der Waals surface area contributed by atoms with Crippen molar-refractivity contribution >= 4 is 11.8 Å². The highest BCUT2D eigenvalue weighted by atomic mass is 16.5. The number of carbonyl (C=O) groups excluding carboxylic acids is 2. The quantitative estimate of drug-likeness (QED) is 0.717. The zero-order valence-electron chi connectivity index (χ0n) is 18.1. The van der Waals surface area contributed by atoms with Gasteiger partial charge < -0.3 is 19.3 Å². The number of piperidine rings is 1. The van der Waals surface area contributed by atoms with E-state index in [2.05, 4.69) is 12.1 Å². The maximum absolute atomic E-state index is 13.1. The van der Waals surface area contributed by atoms with Crippen LogP contribution in [0.5, 0.6) is 11.5 Å². The van der Waals surface area contributed by atoms with E-state index in [1.54, 1.807) is 0 Å². The Labute approximate surface area is 183 Å². The van der Waals surface area contributed by atoms with Crippen molar-refractivity contribution in [1.29, 1.82) is 0 Å². The van der Waals surface area contributed by atoms with Crippen molar-refractivity contribution in [2.45, 2.75) is 32.7 Å². The molecular formula is C25H30N2O4. The second kappa shape index (κ2) is 9.86. The summed E-state index contributed by atoms with van der Waals surface area (Å²) in [5.74, 6) is 1.72. The predicted molar refractivity (Wildman–Crippen MR) is 118 cm³/mol. The molecule has 0 aliphatic carbocycles. The molecule has 6 nitrogen and oxygen atoms in total. The van der Waals surface area contributed by atoms with Gasteiger partial charge in [0.05, 0.1) is 6.61 Å². The standard InChI is InChI=1S/C25H30N2O4/c1-2-30-23-9-8-19-10-15-27(17-21(19)16-23)25(29)20-11-13-26(14-12-20)24(28)18-31-22-6-4-3-5-7-22/h3-9,16,20H,2,10-15,17-18H2,1H3. The van der Waals surface area contributed by atoms with Crippen LogP contribution in [0.25, 0.3) is 0 Å². The molecule has 0 radical (unpaired) electrons. The normalized spacial score (nSPS) is 16.5. The van der Waals surface area contributed by atoms with Gasteiger partial charge in [-0.05, 0) is 61.6 Å². The number of para-hydroxylation sites is 1. The minimum absolute atomic E-state index is 0.0179. The van der Waals surface area contributed by atoms with Gasteiger partial charge >= 0.3 is 0 Å². The largest absolute Gasteiger partial charge is 0.494 e. The highest BCUT2D eigenvalue weighted by Gasteiger charge is 2.31. The van der Waals surface area contributed by atoms with E-state index >= 15 is 0 Å². The third-order valence-corrected chi connectivity index (χ3v) is 6.12. The lowest BCUT2D eigenvalue weighted by Crippen LogP contribution is -2.46. The SMILES string of the molecule is CCOc1ccc2c(c1)CN(C(=O)C1CCN(C(=O)COc3ccccc3)CC1)CC2. The molecule has 2 aromatic carbocycles. The van der Waals surface area contributed by atoms with Crippen LogP contribution in [0.3, 0.4) is 0 Å². The second-order valence-electron chi connectivity index (χ2n) is 8.13. The summed E-state index contributed by atoms with van der Waals surface area (Å²) in [6, 6.07) is 15.5. The van der Waals surface area contributed by atoms with Gasteiger partial charge in [0.2, 0.25) is 5.91 Å². The molecule has 2 aliphatic heterocycles. The van der Waals surface area contributed by atoms with E-state index in [0.29, 0.717) is 44.8 Å². The molecule has 1 saturated heterocycles. The number of fused-ring (bicyclic) bond motifs is 1. The van der Waals surface area contributed by atoms with Gasteiger partial charge in [0, 0.05) is 32.1 Å². The fourth-order valence-corrected chi connectivity index (χ4v) is 4.37. The van der Waals surface area contributed by atoms with Crippen LogP contribution >= 0.6 is 0 Å². The molecule has 2 aliphatic rings. The fourth-order valence-electron chi connectivity index (χ4n) is 4.37. The minimum Gasteiger partial charge on any atom is -0.494 e. The molecule has 0 bridgehead atoms. The summed E-state index contributed by atoms with van der Waals surface area (Å²) in [7, 11) is 0. The van der Waals surface area contributed by atoms with Crippen LogP contribution in [0.2, 0.25) is 0 Å². The highest BCUT2D eigenvalue weighted by Crippen LogP contribution is 2.27. The average Bonchev–Trinajstić information content (AvgIpc) is 2.82. The number of carbonyl (C=O) groups is 2. The van der Waals surface area contributed by atoms with E-state index in [4.69, 9.17) is 9.47 Å². The van der Waals surface area contributed by atoms with Gasteiger partial charge in [-0.1, -0.05) is 24.3 Å². The van der Waals surface area contributed by atoms with Crippen molar-refractivity contribution < 1.29 is 19.1 Å². The van der Waals surface area contributed by atoms with Gasteiger partial charge in [0.25, 0.3) is 5.91 Å².